The second kappa shape index (κ2) is 7.49. The van der Waals surface area contributed by atoms with Gasteiger partial charge in [0.25, 0.3) is 0 Å². The number of hydrogen-bond donors (Lipinski definition) is 1. The zero-order valence-corrected chi connectivity index (χ0v) is 12.1. The van der Waals surface area contributed by atoms with Gasteiger partial charge in [-0.15, -0.1) is 0 Å². The van der Waals surface area contributed by atoms with Crippen LogP contribution in [0.2, 0.25) is 0 Å². The van der Waals surface area contributed by atoms with Gasteiger partial charge in [0.15, 0.2) is 11.5 Å². The second-order valence-electron chi connectivity index (χ2n) is 4.27. The van der Waals surface area contributed by atoms with Crippen LogP contribution in [0.25, 0.3) is 0 Å². The Labute approximate surface area is 121 Å². The SMILES string of the molecule is CCOc1ccc(C(NC)C(F)(F)C(F)F)cc1OCC. The van der Waals surface area contributed by atoms with Gasteiger partial charge in [0.1, 0.15) is 6.04 Å². The molecule has 1 unspecified atom stereocenters. The summed E-state index contributed by atoms with van der Waals surface area (Å²) in [5.41, 5.74) is 0.00898. The molecule has 120 valence electrons. The Balaban J connectivity index is 3.19. The molecule has 3 nitrogen and oxygen atoms in total. The first-order chi connectivity index (χ1) is 9.88. The maximum atomic E-state index is 13.6. The van der Waals surface area contributed by atoms with E-state index in [2.05, 4.69) is 5.32 Å². The number of alkyl halides is 4. The highest BCUT2D eigenvalue weighted by atomic mass is 19.3. The van der Waals surface area contributed by atoms with Crippen LogP contribution in [-0.2, 0) is 0 Å². The third-order valence-corrected chi connectivity index (χ3v) is 2.87. The summed E-state index contributed by atoms with van der Waals surface area (Å²) in [5.74, 6) is -3.55. The normalized spacial score (nSPS) is 13.3. The van der Waals surface area contributed by atoms with Crippen molar-refractivity contribution in [2.24, 2.45) is 0 Å². The Hall–Kier alpha value is -1.50. The fraction of sp³-hybridized carbons (Fsp3) is 0.571. The van der Waals surface area contributed by atoms with E-state index in [9.17, 15) is 17.6 Å². The van der Waals surface area contributed by atoms with Gasteiger partial charge in [-0.05, 0) is 38.6 Å². The van der Waals surface area contributed by atoms with Gasteiger partial charge in [0, 0.05) is 0 Å². The van der Waals surface area contributed by atoms with E-state index >= 15 is 0 Å². The maximum Gasteiger partial charge on any atom is 0.326 e. The zero-order valence-electron chi connectivity index (χ0n) is 12.1. The average molecular weight is 309 g/mol. The van der Waals surface area contributed by atoms with Crippen molar-refractivity contribution >= 4 is 0 Å². The fourth-order valence-electron chi connectivity index (χ4n) is 1.95. The molecule has 1 aromatic rings. The third kappa shape index (κ3) is 4.00. The third-order valence-electron chi connectivity index (χ3n) is 2.87. The number of hydrogen-bond acceptors (Lipinski definition) is 3. The van der Waals surface area contributed by atoms with Crippen LogP contribution in [0.4, 0.5) is 17.6 Å². The molecule has 7 heteroatoms. The lowest BCUT2D eigenvalue weighted by Gasteiger charge is -2.26. The van der Waals surface area contributed by atoms with Gasteiger partial charge in [-0.25, -0.2) is 8.78 Å². The number of nitrogens with one attached hydrogen (secondary N) is 1. The molecule has 0 aromatic heterocycles. The predicted molar refractivity (Wildman–Crippen MR) is 71.5 cm³/mol. The first kappa shape index (κ1) is 17.6. The van der Waals surface area contributed by atoms with E-state index in [4.69, 9.17) is 9.47 Å². The average Bonchev–Trinajstić information content (AvgIpc) is 2.42. The second-order valence-corrected chi connectivity index (χ2v) is 4.27. The van der Waals surface area contributed by atoms with E-state index in [-0.39, 0.29) is 11.3 Å². The minimum absolute atomic E-state index is 0.00898. The van der Waals surface area contributed by atoms with Crippen molar-refractivity contribution in [3.8, 4) is 11.5 Å². The van der Waals surface area contributed by atoms with Crippen molar-refractivity contribution < 1.29 is 27.0 Å². The van der Waals surface area contributed by atoms with Crippen LogP contribution in [0.15, 0.2) is 18.2 Å². The van der Waals surface area contributed by atoms with Crippen LogP contribution < -0.4 is 14.8 Å². The van der Waals surface area contributed by atoms with Crippen LogP contribution in [0, 0.1) is 0 Å². The van der Waals surface area contributed by atoms with Crippen molar-refractivity contribution in [3.63, 3.8) is 0 Å². The molecular formula is C14H19F4NO2. The van der Waals surface area contributed by atoms with Crippen LogP contribution in [-0.4, -0.2) is 32.6 Å². The molecule has 0 spiro atoms. The van der Waals surface area contributed by atoms with E-state index in [1.54, 1.807) is 13.8 Å². The summed E-state index contributed by atoms with van der Waals surface area (Å²) in [4.78, 5) is 0. The molecule has 21 heavy (non-hydrogen) atoms. The largest absolute Gasteiger partial charge is 0.490 e. The highest BCUT2D eigenvalue weighted by Crippen LogP contribution is 2.39. The molecule has 0 aliphatic carbocycles. The molecule has 0 radical (unpaired) electrons. The van der Waals surface area contributed by atoms with Gasteiger partial charge in [0.05, 0.1) is 13.2 Å². The molecule has 1 rings (SSSR count). The highest BCUT2D eigenvalue weighted by molar-refractivity contribution is 5.44. The van der Waals surface area contributed by atoms with E-state index in [1.807, 2.05) is 0 Å². The van der Waals surface area contributed by atoms with Gasteiger partial charge >= 0.3 is 12.3 Å². The minimum Gasteiger partial charge on any atom is -0.490 e. The lowest BCUT2D eigenvalue weighted by molar-refractivity contribution is -0.150. The number of ether oxygens (including phenoxy) is 2. The maximum absolute atomic E-state index is 13.6. The van der Waals surface area contributed by atoms with Gasteiger partial charge in [0.2, 0.25) is 0 Å². The quantitative estimate of drug-likeness (QED) is 0.744. The van der Waals surface area contributed by atoms with Crippen molar-refractivity contribution in [1.82, 2.24) is 5.32 Å². The summed E-state index contributed by atoms with van der Waals surface area (Å²) in [6.07, 6.45) is -3.77. The molecule has 1 N–H and O–H groups in total. The molecule has 0 heterocycles. The molecule has 1 aromatic carbocycles. The molecule has 1 atom stereocenters. The summed E-state index contributed by atoms with van der Waals surface area (Å²) in [5, 5.41) is 2.23. The molecule has 0 amide bonds. The topological polar surface area (TPSA) is 30.5 Å². The van der Waals surface area contributed by atoms with Gasteiger partial charge in [-0.2, -0.15) is 8.78 Å². The van der Waals surface area contributed by atoms with Gasteiger partial charge in [-0.1, -0.05) is 6.07 Å². The Morgan fingerprint density at radius 1 is 1.10 bits per heavy atom. The minimum atomic E-state index is -4.19. The van der Waals surface area contributed by atoms with Crippen LogP contribution >= 0.6 is 0 Å². The van der Waals surface area contributed by atoms with Crippen molar-refractivity contribution in [1.29, 1.82) is 0 Å². The van der Waals surface area contributed by atoms with Crippen molar-refractivity contribution in [3.05, 3.63) is 23.8 Å². The Bertz CT molecular complexity index is 455. The fourth-order valence-corrected chi connectivity index (χ4v) is 1.95. The zero-order chi connectivity index (χ0) is 16.0. The molecule has 0 saturated carbocycles. The standard InChI is InChI=1S/C14H19F4NO2/c1-4-20-10-7-6-9(8-11(10)21-5-2)12(19-3)14(17,18)13(15)16/h6-8,12-13,19H,4-5H2,1-3H3. The smallest absolute Gasteiger partial charge is 0.326 e. The molecule has 0 fully saturated rings. The Morgan fingerprint density at radius 3 is 2.14 bits per heavy atom. The van der Waals surface area contributed by atoms with Gasteiger partial charge < -0.3 is 14.8 Å². The summed E-state index contributed by atoms with van der Waals surface area (Å²) in [6, 6.07) is 2.25. The van der Waals surface area contributed by atoms with E-state index in [0.717, 1.165) is 0 Å². The Morgan fingerprint density at radius 2 is 1.67 bits per heavy atom. The molecule has 0 aliphatic rings. The van der Waals surface area contributed by atoms with Crippen LogP contribution in [0.1, 0.15) is 25.5 Å². The first-order valence-electron chi connectivity index (χ1n) is 6.61. The summed E-state index contributed by atoms with van der Waals surface area (Å²) in [7, 11) is 1.21. The summed E-state index contributed by atoms with van der Waals surface area (Å²) < 4.78 is 62.9. The monoisotopic (exact) mass is 309 g/mol. The number of halogens is 4. The highest BCUT2D eigenvalue weighted by Gasteiger charge is 2.48. The molecular weight excluding hydrogens is 290 g/mol. The lowest BCUT2D eigenvalue weighted by Crippen LogP contribution is -2.41. The van der Waals surface area contributed by atoms with E-state index < -0.39 is 18.4 Å². The number of benzene rings is 1. The molecule has 0 aliphatic heterocycles. The van der Waals surface area contributed by atoms with Crippen LogP contribution in [0.5, 0.6) is 11.5 Å². The summed E-state index contributed by atoms with van der Waals surface area (Å²) in [6.45, 7) is 4.18. The van der Waals surface area contributed by atoms with Crippen molar-refractivity contribution in [2.75, 3.05) is 20.3 Å². The number of rotatable bonds is 8. The predicted octanol–water partition coefficient (Wildman–Crippen LogP) is 3.64. The molecule has 0 saturated heterocycles. The van der Waals surface area contributed by atoms with E-state index in [0.29, 0.717) is 19.0 Å². The Kier molecular flexibility index (Phi) is 6.26. The van der Waals surface area contributed by atoms with Crippen LogP contribution in [0.3, 0.4) is 0 Å². The first-order valence-corrected chi connectivity index (χ1v) is 6.61. The van der Waals surface area contributed by atoms with Crippen molar-refractivity contribution in [2.45, 2.75) is 32.2 Å². The lowest BCUT2D eigenvalue weighted by atomic mass is 10.00. The van der Waals surface area contributed by atoms with E-state index in [1.165, 1.54) is 25.2 Å². The molecule has 0 bridgehead atoms. The summed E-state index contributed by atoms with van der Waals surface area (Å²) >= 11 is 0. The van der Waals surface area contributed by atoms with Gasteiger partial charge in [-0.3, -0.25) is 0 Å².